The Labute approximate surface area is 179 Å². The smallest absolute Gasteiger partial charge is 0.336 e. The predicted octanol–water partition coefficient (Wildman–Crippen LogP) is 4.68. The van der Waals surface area contributed by atoms with Crippen molar-refractivity contribution in [1.82, 2.24) is 4.31 Å². The number of benzene rings is 2. The number of nitrogens with zero attached hydrogens (tertiary/aromatic N) is 1. The van der Waals surface area contributed by atoms with Crippen LogP contribution in [0, 0.1) is 0 Å². The standard InChI is InChI=1S/C23H21NO4S2/c1-17(14-20-8-5-13-29-20)24(16-18-6-3-2-4-7-18)30(26,27)21-10-11-22-19(15-21)9-12-23(25)28-22/h2-13,15,17H,14,16H2,1H3/t17-/m1/s1. The van der Waals surface area contributed by atoms with Crippen LogP contribution in [-0.2, 0) is 23.0 Å². The molecule has 2 aromatic carbocycles. The average molecular weight is 440 g/mol. The van der Waals surface area contributed by atoms with Crippen LogP contribution in [0.2, 0.25) is 0 Å². The molecule has 0 amide bonds. The molecule has 0 saturated carbocycles. The molecular weight excluding hydrogens is 418 g/mol. The third-order valence-corrected chi connectivity index (χ3v) is 7.80. The Balaban J connectivity index is 1.73. The fraction of sp³-hybridized carbons (Fsp3) is 0.174. The van der Waals surface area contributed by atoms with Gasteiger partial charge in [-0.25, -0.2) is 13.2 Å². The lowest BCUT2D eigenvalue weighted by Crippen LogP contribution is -2.39. The molecule has 4 rings (SSSR count). The van der Waals surface area contributed by atoms with Gasteiger partial charge in [-0.3, -0.25) is 0 Å². The maximum absolute atomic E-state index is 13.7. The molecule has 4 aromatic rings. The van der Waals surface area contributed by atoms with Crippen LogP contribution in [0.25, 0.3) is 11.0 Å². The second-order valence-corrected chi connectivity index (χ2v) is 10.0. The second-order valence-electron chi connectivity index (χ2n) is 7.12. The summed E-state index contributed by atoms with van der Waals surface area (Å²) in [5.41, 5.74) is 0.821. The van der Waals surface area contributed by atoms with Gasteiger partial charge in [-0.05, 0) is 54.6 Å². The third-order valence-electron chi connectivity index (χ3n) is 4.95. The summed E-state index contributed by atoms with van der Waals surface area (Å²) in [7, 11) is -3.79. The third kappa shape index (κ3) is 4.38. The first kappa shape index (κ1) is 20.5. The molecule has 0 saturated heterocycles. The highest BCUT2D eigenvalue weighted by molar-refractivity contribution is 7.89. The summed E-state index contributed by atoms with van der Waals surface area (Å²) in [5, 5.41) is 2.57. The Morgan fingerprint density at radius 3 is 2.53 bits per heavy atom. The van der Waals surface area contributed by atoms with Gasteiger partial charge in [0.05, 0.1) is 4.90 Å². The topological polar surface area (TPSA) is 67.6 Å². The summed E-state index contributed by atoms with van der Waals surface area (Å²) >= 11 is 1.62. The van der Waals surface area contributed by atoms with Gasteiger partial charge in [-0.15, -0.1) is 11.3 Å². The molecule has 0 bridgehead atoms. The fourth-order valence-corrected chi connectivity index (χ4v) is 5.89. The SMILES string of the molecule is C[C@H](Cc1cccs1)N(Cc1ccccc1)S(=O)(=O)c1ccc2oc(=O)ccc2c1. The largest absolute Gasteiger partial charge is 0.423 e. The van der Waals surface area contributed by atoms with Gasteiger partial charge in [-0.1, -0.05) is 36.4 Å². The molecule has 1 atom stereocenters. The number of hydrogen-bond acceptors (Lipinski definition) is 5. The summed E-state index contributed by atoms with van der Waals surface area (Å²) in [6, 6.07) is 20.8. The normalized spacial score (nSPS) is 13.0. The van der Waals surface area contributed by atoms with Gasteiger partial charge in [0.25, 0.3) is 0 Å². The molecule has 0 unspecified atom stereocenters. The molecule has 0 aliphatic heterocycles. The van der Waals surface area contributed by atoms with Crippen molar-refractivity contribution >= 4 is 32.3 Å². The molecule has 7 heteroatoms. The molecule has 2 heterocycles. The van der Waals surface area contributed by atoms with Crippen molar-refractivity contribution in [3.8, 4) is 0 Å². The highest BCUT2D eigenvalue weighted by Gasteiger charge is 2.30. The summed E-state index contributed by atoms with van der Waals surface area (Å²) in [4.78, 5) is 12.7. The number of fused-ring (bicyclic) bond motifs is 1. The maximum Gasteiger partial charge on any atom is 0.336 e. The van der Waals surface area contributed by atoms with E-state index in [1.54, 1.807) is 27.8 Å². The minimum Gasteiger partial charge on any atom is -0.423 e. The van der Waals surface area contributed by atoms with E-state index in [2.05, 4.69) is 0 Å². The molecular formula is C23H21NO4S2. The van der Waals surface area contributed by atoms with Crippen molar-refractivity contribution in [3.05, 3.63) is 99.0 Å². The van der Waals surface area contributed by atoms with Gasteiger partial charge in [-0.2, -0.15) is 4.31 Å². The van der Waals surface area contributed by atoms with Gasteiger partial charge in [0.2, 0.25) is 10.0 Å². The van der Waals surface area contributed by atoms with E-state index in [9.17, 15) is 13.2 Å². The highest BCUT2D eigenvalue weighted by atomic mass is 32.2. The van der Waals surface area contributed by atoms with Crippen LogP contribution < -0.4 is 5.63 Å². The quantitative estimate of drug-likeness (QED) is 0.392. The molecule has 30 heavy (non-hydrogen) atoms. The van der Waals surface area contributed by atoms with E-state index in [0.29, 0.717) is 17.4 Å². The minimum atomic E-state index is -3.79. The van der Waals surface area contributed by atoms with E-state index >= 15 is 0 Å². The van der Waals surface area contributed by atoms with Crippen molar-refractivity contribution in [2.24, 2.45) is 0 Å². The Bertz CT molecular complexity index is 1300. The Morgan fingerprint density at radius 1 is 1.00 bits per heavy atom. The summed E-state index contributed by atoms with van der Waals surface area (Å²) in [5.74, 6) is 0. The summed E-state index contributed by atoms with van der Waals surface area (Å²) < 4.78 is 34.0. The van der Waals surface area contributed by atoms with E-state index in [4.69, 9.17) is 4.42 Å². The molecule has 0 aliphatic carbocycles. The number of thiophene rings is 1. The zero-order valence-electron chi connectivity index (χ0n) is 16.4. The van der Waals surface area contributed by atoms with Crippen molar-refractivity contribution in [2.45, 2.75) is 30.8 Å². The van der Waals surface area contributed by atoms with E-state index < -0.39 is 15.6 Å². The first-order chi connectivity index (χ1) is 14.4. The molecule has 0 N–H and O–H groups in total. The molecule has 2 aromatic heterocycles. The molecule has 5 nitrogen and oxygen atoms in total. The monoisotopic (exact) mass is 439 g/mol. The fourth-order valence-electron chi connectivity index (χ4n) is 3.41. The average Bonchev–Trinajstić information content (AvgIpc) is 3.25. The van der Waals surface area contributed by atoms with Crippen LogP contribution in [0.4, 0.5) is 0 Å². The van der Waals surface area contributed by atoms with Gasteiger partial charge >= 0.3 is 5.63 Å². The van der Waals surface area contributed by atoms with Crippen LogP contribution in [0.15, 0.2) is 92.3 Å². The Kier molecular flexibility index (Phi) is 5.85. The van der Waals surface area contributed by atoms with Crippen LogP contribution >= 0.6 is 11.3 Å². The Morgan fingerprint density at radius 2 is 1.80 bits per heavy atom. The molecule has 0 radical (unpaired) electrons. The van der Waals surface area contributed by atoms with E-state index in [1.807, 2.05) is 54.8 Å². The van der Waals surface area contributed by atoms with Crippen molar-refractivity contribution < 1.29 is 12.8 Å². The number of sulfonamides is 1. The maximum atomic E-state index is 13.7. The van der Waals surface area contributed by atoms with Crippen LogP contribution in [0.5, 0.6) is 0 Å². The van der Waals surface area contributed by atoms with Crippen LogP contribution in [0.1, 0.15) is 17.4 Å². The van der Waals surface area contributed by atoms with Crippen molar-refractivity contribution in [2.75, 3.05) is 0 Å². The zero-order chi connectivity index (χ0) is 21.1. The first-order valence-corrected chi connectivity index (χ1v) is 11.9. The molecule has 154 valence electrons. The van der Waals surface area contributed by atoms with Crippen LogP contribution in [-0.4, -0.2) is 18.8 Å². The van der Waals surface area contributed by atoms with Crippen molar-refractivity contribution in [1.29, 1.82) is 0 Å². The van der Waals surface area contributed by atoms with E-state index in [0.717, 1.165) is 10.4 Å². The molecule has 0 aliphatic rings. The first-order valence-electron chi connectivity index (χ1n) is 9.55. The van der Waals surface area contributed by atoms with Gasteiger partial charge in [0.15, 0.2) is 0 Å². The number of rotatable bonds is 7. The second kappa shape index (κ2) is 8.55. The summed E-state index contributed by atoms with van der Waals surface area (Å²) in [6.07, 6.45) is 0.631. The molecule has 0 spiro atoms. The zero-order valence-corrected chi connectivity index (χ0v) is 18.0. The van der Waals surface area contributed by atoms with E-state index in [-0.39, 0.29) is 17.5 Å². The van der Waals surface area contributed by atoms with Gasteiger partial charge in [0.1, 0.15) is 5.58 Å². The number of hydrogen-bond donors (Lipinski definition) is 0. The lowest BCUT2D eigenvalue weighted by Gasteiger charge is -2.28. The highest BCUT2D eigenvalue weighted by Crippen LogP contribution is 2.26. The predicted molar refractivity (Wildman–Crippen MR) is 119 cm³/mol. The lowest BCUT2D eigenvalue weighted by molar-refractivity contribution is 0.329. The van der Waals surface area contributed by atoms with Gasteiger partial charge in [0, 0.05) is 28.9 Å². The lowest BCUT2D eigenvalue weighted by atomic mass is 10.1. The molecule has 0 fully saturated rings. The summed E-state index contributed by atoms with van der Waals surface area (Å²) in [6.45, 7) is 2.21. The van der Waals surface area contributed by atoms with Crippen LogP contribution in [0.3, 0.4) is 0 Å². The minimum absolute atomic E-state index is 0.179. The van der Waals surface area contributed by atoms with E-state index in [1.165, 1.54) is 18.2 Å². The Hall–Kier alpha value is -2.74. The van der Waals surface area contributed by atoms with Crippen molar-refractivity contribution in [3.63, 3.8) is 0 Å². The van der Waals surface area contributed by atoms with Gasteiger partial charge < -0.3 is 4.42 Å².